The summed E-state index contributed by atoms with van der Waals surface area (Å²) in [5.74, 6) is 0.897. The van der Waals surface area contributed by atoms with E-state index >= 15 is 0 Å². The molecule has 0 saturated carbocycles. The van der Waals surface area contributed by atoms with Crippen molar-refractivity contribution in [1.82, 2.24) is 9.88 Å². The Kier molecular flexibility index (Phi) is 5.61. The molecule has 0 aromatic carbocycles. The van der Waals surface area contributed by atoms with E-state index in [1.807, 2.05) is 18.2 Å². The molecule has 3 rings (SSSR count). The predicted octanol–water partition coefficient (Wildman–Crippen LogP) is 2.22. The van der Waals surface area contributed by atoms with Gasteiger partial charge in [0.15, 0.2) is 0 Å². The van der Waals surface area contributed by atoms with Gasteiger partial charge in [-0.1, -0.05) is 6.07 Å². The third kappa shape index (κ3) is 4.43. The number of methoxy groups -OCH3 is 1. The lowest BCUT2D eigenvalue weighted by atomic mass is 10.1. The lowest BCUT2D eigenvalue weighted by Crippen LogP contribution is -2.36. The van der Waals surface area contributed by atoms with Gasteiger partial charge in [-0.2, -0.15) is 0 Å². The highest BCUT2D eigenvalue weighted by molar-refractivity contribution is 5.17. The number of nitrogens with zero attached hydrogens (tertiary/aromatic N) is 2. The summed E-state index contributed by atoms with van der Waals surface area (Å²) >= 11 is 0. The fourth-order valence-electron chi connectivity index (χ4n) is 2.81. The molecule has 1 fully saturated rings. The molecule has 6 nitrogen and oxygen atoms in total. The monoisotopic (exact) mass is 330 g/mol. The quantitative estimate of drug-likeness (QED) is 0.809. The summed E-state index contributed by atoms with van der Waals surface area (Å²) in [4.78, 5) is 18.3. The molecule has 2 aromatic heterocycles. The van der Waals surface area contributed by atoms with Crippen LogP contribution in [0.5, 0.6) is 5.75 Å². The maximum absolute atomic E-state index is 11.8. The Balaban J connectivity index is 1.45. The van der Waals surface area contributed by atoms with Gasteiger partial charge < -0.3 is 13.9 Å². The summed E-state index contributed by atoms with van der Waals surface area (Å²) in [7, 11) is 1.46. The molecule has 0 N–H and O–H groups in total. The van der Waals surface area contributed by atoms with E-state index in [1.165, 1.54) is 19.4 Å². The van der Waals surface area contributed by atoms with Gasteiger partial charge in [0.25, 0.3) is 0 Å². The molecule has 128 valence electrons. The third-order valence-electron chi connectivity index (χ3n) is 4.18. The van der Waals surface area contributed by atoms with Gasteiger partial charge in [-0.3, -0.25) is 14.7 Å². The van der Waals surface area contributed by atoms with Crippen LogP contribution in [0.15, 0.2) is 45.9 Å². The molecule has 0 bridgehead atoms. The van der Waals surface area contributed by atoms with E-state index in [2.05, 4.69) is 9.88 Å². The third-order valence-corrected chi connectivity index (χ3v) is 4.18. The van der Waals surface area contributed by atoms with Crippen molar-refractivity contribution in [2.24, 2.45) is 0 Å². The Labute approximate surface area is 141 Å². The minimum absolute atomic E-state index is 0.146. The van der Waals surface area contributed by atoms with E-state index in [-0.39, 0.29) is 17.3 Å². The summed E-state index contributed by atoms with van der Waals surface area (Å²) in [5, 5.41) is 0. The van der Waals surface area contributed by atoms with Crippen LogP contribution in [-0.2, 0) is 17.9 Å². The highest BCUT2D eigenvalue weighted by Crippen LogP contribution is 2.17. The molecule has 0 unspecified atom stereocenters. The van der Waals surface area contributed by atoms with E-state index in [1.54, 1.807) is 6.20 Å². The number of piperidine rings is 1. The van der Waals surface area contributed by atoms with Gasteiger partial charge in [0.05, 0.1) is 32.1 Å². The number of pyridine rings is 1. The normalized spacial score (nSPS) is 16.2. The summed E-state index contributed by atoms with van der Waals surface area (Å²) < 4.78 is 16.3. The van der Waals surface area contributed by atoms with Gasteiger partial charge >= 0.3 is 0 Å². The Hall–Kier alpha value is -2.18. The predicted molar refractivity (Wildman–Crippen MR) is 88.9 cm³/mol. The molecule has 0 atom stereocenters. The van der Waals surface area contributed by atoms with E-state index in [0.717, 1.165) is 31.6 Å². The second-order valence-electron chi connectivity index (χ2n) is 5.89. The largest absolute Gasteiger partial charge is 0.490 e. The Bertz CT molecular complexity index is 694. The summed E-state index contributed by atoms with van der Waals surface area (Å²) in [6.45, 7) is 3.02. The molecule has 24 heavy (non-hydrogen) atoms. The van der Waals surface area contributed by atoms with Crippen molar-refractivity contribution in [1.29, 1.82) is 0 Å². The second-order valence-corrected chi connectivity index (χ2v) is 5.89. The highest BCUT2D eigenvalue weighted by atomic mass is 16.5. The zero-order valence-corrected chi connectivity index (χ0v) is 13.8. The van der Waals surface area contributed by atoms with E-state index in [0.29, 0.717) is 18.9 Å². The van der Waals surface area contributed by atoms with Crippen LogP contribution in [0, 0.1) is 0 Å². The molecular formula is C18H22N2O4. The molecule has 1 saturated heterocycles. The van der Waals surface area contributed by atoms with Crippen LogP contribution >= 0.6 is 0 Å². The molecule has 0 spiro atoms. The summed E-state index contributed by atoms with van der Waals surface area (Å²) in [6.07, 6.45) is 5.34. The highest BCUT2D eigenvalue weighted by Gasteiger charge is 2.20. The average molecular weight is 330 g/mol. The maximum atomic E-state index is 11.8. The van der Waals surface area contributed by atoms with Gasteiger partial charge in [-0.25, -0.2) is 0 Å². The van der Waals surface area contributed by atoms with Crippen molar-refractivity contribution < 1.29 is 13.9 Å². The minimum Gasteiger partial charge on any atom is -0.490 e. The van der Waals surface area contributed by atoms with Crippen LogP contribution in [0.2, 0.25) is 0 Å². The molecule has 2 aromatic rings. The first-order valence-electron chi connectivity index (χ1n) is 8.14. The first kappa shape index (κ1) is 16.7. The number of likely N-dealkylation sites (tertiary alicyclic amines) is 1. The fraction of sp³-hybridized carbons (Fsp3) is 0.444. The molecule has 1 aliphatic rings. The van der Waals surface area contributed by atoms with Gasteiger partial charge in [-0.15, -0.1) is 0 Å². The molecular weight excluding hydrogens is 308 g/mol. The molecule has 6 heteroatoms. The van der Waals surface area contributed by atoms with Crippen LogP contribution in [0.25, 0.3) is 0 Å². The van der Waals surface area contributed by atoms with Crippen molar-refractivity contribution in [2.45, 2.75) is 32.1 Å². The lowest BCUT2D eigenvalue weighted by Gasteiger charge is -2.31. The van der Waals surface area contributed by atoms with Gasteiger partial charge in [-0.05, 0) is 25.0 Å². The first-order chi connectivity index (χ1) is 11.7. The molecule has 0 aliphatic carbocycles. The van der Waals surface area contributed by atoms with E-state index < -0.39 is 0 Å². The number of aromatic nitrogens is 1. The van der Waals surface area contributed by atoms with Crippen LogP contribution < -0.4 is 10.2 Å². The average Bonchev–Trinajstić information content (AvgIpc) is 2.62. The number of rotatable bonds is 6. The zero-order valence-electron chi connectivity index (χ0n) is 13.8. The minimum atomic E-state index is -0.146. The maximum Gasteiger partial charge on any atom is 0.227 e. The first-order valence-corrected chi connectivity index (χ1v) is 8.14. The van der Waals surface area contributed by atoms with Gasteiger partial charge in [0.2, 0.25) is 11.2 Å². The van der Waals surface area contributed by atoms with Crippen molar-refractivity contribution in [3.8, 4) is 5.75 Å². The standard InChI is InChI=1S/C18H22N2O4/c1-22-18-13-24-16(10-17(18)21)11-20-8-5-15(6-9-20)23-12-14-4-2-3-7-19-14/h2-4,7,10,13,15H,5-6,8-9,11-12H2,1H3. The topological polar surface area (TPSA) is 64.8 Å². The van der Waals surface area contributed by atoms with Crippen molar-refractivity contribution >= 4 is 0 Å². The Morgan fingerprint density at radius 1 is 1.33 bits per heavy atom. The van der Waals surface area contributed by atoms with E-state index in [9.17, 15) is 4.79 Å². The van der Waals surface area contributed by atoms with Crippen LogP contribution in [0.3, 0.4) is 0 Å². The number of hydrogen-bond acceptors (Lipinski definition) is 6. The smallest absolute Gasteiger partial charge is 0.227 e. The van der Waals surface area contributed by atoms with Crippen LogP contribution in [0.1, 0.15) is 24.3 Å². The zero-order chi connectivity index (χ0) is 16.8. The molecule has 0 radical (unpaired) electrons. The van der Waals surface area contributed by atoms with Crippen LogP contribution in [-0.4, -0.2) is 36.2 Å². The second kappa shape index (κ2) is 8.08. The summed E-state index contributed by atoms with van der Waals surface area (Å²) in [5.41, 5.74) is 0.812. The number of hydrogen-bond donors (Lipinski definition) is 0. The summed E-state index contributed by atoms with van der Waals surface area (Å²) in [6, 6.07) is 7.35. The SMILES string of the molecule is COc1coc(CN2CCC(OCc3ccccn3)CC2)cc1=O. The van der Waals surface area contributed by atoms with Gasteiger partial charge in [0.1, 0.15) is 12.0 Å². The molecule has 0 amide bonds. The molecule has 3 heterocycles. The van der Waals surface area contributed by atoms with Crippen molar-refractivity contribution in [3.05, 3.63) is 58.4 Å². The van der Waals surface area contributed by atoms with Crippen LogP contribution in [0.4, 0.5) is 0 Å². The Morgan fingerprint density at radius 2 is 2.17 bits per heavy atom. The van der Waals surface area contributed by atoms with Gasteiger partial charge in [0, 0.05) is 25.4 Å². The number of ether oxygens (including phenoxy) is 2. The lowest BCUT2D eigenvalue weighted by molar-refractivity contribution is -0.00635. The Morgan fingerprint density at radius 3 is 2.83 bits per heavy atom. The van der Waals surface area contributed by atoms with Crippen molar-refractivity contribution in [3.63, 3.8) is 0 Å². The fourth-order valence-corrected chi connectivity index (χ4v) is 2.81. The van der Waals surface area contributed by atoms with Crippen molar-refractivity contribution in [2.75, 3.05) is 20.2 Å². The molecule has 1 aliphatic heterocycles. The van der Waals surface area contributed by atoms with E-state index in [4.69, 9.17) is 13.9 Å².